The van der Waals surface area contributed by atoms with Gasteiger partial charge in [-0.15, -0.1) is 5.10 Å². The van der Waals surface area contributed by atoms with E-state index in [-0.39, 0.29) is 12.5 Å². The lowest BCUT2D eigenvalue weighted by atomic mass is 10.2. The van der Waals surface area contributed by atoms with E-state index in [0.717, 1.165) is 0 Å². The second kappa shape index (κ2) is 5.45. The summed E-state index contributed by atoms with van der Waals surface area (Å²) < 4.78 is 1.42. The number of aliphatic hydroxyl groups excluding tert-OH is 1. The maximum absolute atomic E-state index is 11.2. The average Bonchev–Trinajstić information content (AvgIpc) is 2.65. The Bertz CT molecular complexity index is 324. The molecule has 6 nitrogen and oxygen atoms in total. The summed E-state index contributed by atoms with van der Waals surface area (Å²) in [5.74, 6) is -0.111. The molecular weight excluding hydrogens is 196 g/mol. The molecule has 0 spiro atoms. The molecule has 0 aliphatic rings. The quantitative estimate of drug-likeness (QED) is 0.711. The lowest BCUT2D eigenvalue weighted by Crippen LogP contribution is -2.27. The van der Waals surface area contributed by atoms with Crippen molar-refractivity contribution in [3.8, 4) is 0 Å². The number of nitrogens with zero attached hydrogens (tertiary/aromatic N) is 3. The van der Waals surface area contributed by atoms with Gasteiger partial charge in [0, 0.05) is 6.54 Å². The van der Waals surface area contributed by atoms with Gasteiger partial charge in [-0.25, -0.2) is 4.68 Å². The Hall–Kier alpha value is -1.43. The molecule has 0 fully saturated rings. The largest absolute Gasteiger partial charge is 0.387 e. The van der Waals surface area contributed by atoms with Gasteiger partial charge in [0.1, 0.15) is 12.2 Å². The minimum absolute atomic E-state index is 0.111. The van der Waals surface area contributed by atoms with E-state index in [0.29, 0.717) is 18.7 Å². The summed E-state index contributed by atoms with van der Waals surface area (Å²) in [6.07, 6.45) is 1.57. The first-order valence-corrected chi connectivity index (χ1v) is 5.02. The Balaban J connectivity index is 2.56. The van der Waals surface area contributed by atoms with Gasteiger partial charge in [0.2, 0.25) is 5.91 Å². The smallest absolute Gasteiger partial charge is 0.241 e. The van der Waals surface area contributed by atoms with Crippen molar-refractivity contribution in [3.63, 3.8) is 0 Å². The van der Waals surface area contributed by atoms with Crippen LogP contribution in [0.3, 0.4) is 0 Å². The van der Waals surface area contributed by atoms with E-state index in [1.165, 1.54) is 4.68 Å². The molecule has 1 aromatic rings. The number of aromatic nitrogens is 3. The lowest BCUT2D eigenvalue weighted by Gasteiger charge is -2.01. The SMILES string of the molecule is CCNC(=O)Cn1cc(C(O)CC)nn1. The minimum atomic E-state index is -0.604. The molecule has 0 saturated heterocycles. The van der Waals surface area contributed by atoms with Crippen LogP contribution in [0.5, 0.6) is 0 Å². The van der Waals surface area contributed by atoms with Crippen molar-refractivity contribution in [2.45, 2.75) is 32.9 Å². The van der Waals surface area contributed by atoms with Crippen LogP contribution in [0.4, 0.5) is 0 Å². The van der Waals surface area contributed by atoms with Crippen LogP contribution < -0.4 is 5.32 Å². The zero-order chi connectivity index (χ0) is 11.3. The number of nitrogens with one attached hydrogen (secondary N) is 1. The maximum atomic E-state index is 11.2. The van der Waals surface area contributed by atoms with Crippen molar-refractivity contribution in [1.82, 2.24) is 20.3 Å². The fraction of sp³-hybridized carbons (Fsp3) is 0.667. The number of aliphatic hydroxyl groups is 1. The Morgan fingerprint density at radius 3 is 3.00 bits per heavy atom. The first-order valence-electron chi connectivity index (χ1n) is 5.02. The minimum Gasteiger partial charge on any atom is -0.387 e. The third-order valence-corrected chi connectivity index (χ3v) is 1.96. The standard InChI is InChI=1S/C9H16N4O2/c1-3-8(14)7-5-13(12-11-7)6-9(15)10-4-2/h5,8,14H,3-4,6H2,1-2H3,(H,10,15). The Kier molecular flexibility index (Phi) is 4.23. The van der Waals surface area contributed by atoms with E-state index in [4.69, 9.17) is 0 Å². The monoisotopic (exact) mass is 212 g/mol. The highest BCUT2D eigenvalue weighted by Crippen LogP contribution is 2.11. The molecule has 0 aromatic carbocycles. The molecule has 1 amide bonds. The summed E-state index contributed by atoms with van der Waals surface area (Å²) >= 11 is 0. The number of rotatable bonds is 5. The molecule has 2 N–H and O–H groups in total. The molecule has 1 heterocycles. The summed E-state index contributed by atoms with van der Waals surface area (Å²) in [6.45, 7) is 4.44. The van der Waals surface area contributed by atoms with Crippen molar-refractivity contribution in [3.05, 3.63) is 11.9 Å². The summed E-state index contributed by atoms with van der Waals surface area (Å²) in [5, 5.41) is 19.7. The molecule has 0 bridgehead atoms. The van der Waals surface area contributed by atoms with E-state index in [2.05, 4.69) is 15.6 Å². The van der Waals surface area contributed by atoms with E-state index in [9.17, 15) is 9.90 Å². The summed E-state index contributed by atoms with van der Waals surface area (Å²) in [6, 6.07) is 0. The molecule has 15 heavy (non-hydrogen) atoms. The lowest BCUT2D eigenvalue weighted by molar-refractivity contribution is -0.121. The second-order valence-electron chi connectivity index (χ2n) is 3.22. The molecule has 0 radical (unpaired) electrons. The van der Waals surface area contributed by atoms with Gasteiger partial charge >= 0.3 is 0 Å². The first kappa shape index (κ1) is 11.6. The number of likely N-dealkylation sites (N-methyl/N-ethyl adjacent to an activating group) is 1. The fourth-order valence-electron chi connectivity index (χ4n) is 1.15. The molecule has 0 aliphatic heterocycles. The molecule has 6 heteroatoms. The van der Waals surface area contributed by atoms with Crippen LogP contribution in [0.25, 0.3) is 0 Å². The molecule has 84 valence electrons. The Morgan fingerprint density at radius 2 is 2.40 bits per heavy atom. The van der Waals surface area contributed by atoms with Gasteiger partial charge < -0.3 is 10.4 Å². The Morgan fingerprint density at radius 1 is 1.67 bits per heavy atom. The van der Waals surface area contributed by atoms with E-state index < -0.39 is 6.10 Å². The van der Waals surface area contributed by atoms with E-state index in [1.54, 1.807) is 6.20 Å². The van der Waals surface area contributed by atoms with Crippen LogP contribution in [0, 0.1) is 0 Å². The van der Waals surface area contributed by atoms with Crippen LogP contribution in [-0.2, 0) is 11.3 Å². The number of hydrogen-bond donors (Lipinski definition) is 2. The number of carbonyl (C=O) groups excluding carboxylic acids is 1. The third kappa shape index (κ3) is 3.32. The fourth-order valence-corrected chi connectivity index (χ4v) is 1.15. The second-order valence-corrected chi connectivity index (χ2v) is 3.22. The van der Waals surface area contributed by atoms with E-state index in [1.807, 2.05) is 13.8 Å². The van der Waals surface area contributed by atoms with Crippen LogP contribution in [0.1, 0.15) is 32.1 Å². The van der Waals surface area contributed by atoms with Crippen molar-refractivity contribution in [2.24, 2.45) is 0 Å². The van der Waals surface area contributed by atoms with Gasteiger partial charge in [0.25, 0.3) is 0 Å². The molecular formula is C9H16N4O2. The molecule has 1 aromatic heterocycles. The van der Waals surface area contributed by atoms with Gasteiger partial charge in [-0.1, -0.05) is 12.1 Å². The van der Waals surface area contributed by atoms with Gasteiger partial charge in [-0.2, -0.15) is 0 Å². The van der Waals surface area contributed by atoms with Crippen molar-refractivity contribution in [2.75, 3.05) is 6.54 Å². The molecule has 0 saturated carbocycles. The highest BCUT2D eigenvalue weighted by Gasteiger charge is 2.10. The van der Waals surface area contributed by atoms with Crippen LogP contribution in [0.15, 0.2) is 6.20 Å². The van der Waals surface area contributed by atoms with Crippen LogP contribution in [-0.4, -0.2) is 32.6 Å². The van der Waals surface area contributed by atoms with Gasteiger partial charge in [-0.3, -0.25) is 4.79 Å². The summed E-state index contributed by atoms with van der Waals surface area (Å²) in [7, 11) is 0. The van der Waals surface area contributed by atoms with Gasteiger partial charge in [0.15, 0.2) is 0 Å². The van der Waals surface area contributed by atoms with Crippen LogP contribution >= 0.6 is 0 Å². The zero-order valence-electron chi connectivity index (χ0n) is 8.97. The molecule has 1 atom stereocenters. The predicted molar refractivity (Wildman–Crippen MR) is 54.0 cm³/mol. The number of amides is 1. The summed E-state index contributed by atoms with van der Waals surface area (Å²) in [5.41, 5.74) is 0.502. The molecule has 1 rings (SSSR count). The number of carbonyl (C=O) groups is 1. The van der Waals surface area contributed by atoms with Crippen LogP contribution in [0.2, 0.25) is 0 Å². The predicted octanol–water partition coefficient (Wildman–Crippen LogP) is -0.142. The highest BCUT2D eigenvalue weighted by molar-refractivity contribution is 5.75. The zero-order valence-corrected chi connectivity index (χ0v) is 8.97. The van der Waals surface area contributed by atoms with E-state index >= 15 is 0 Å². The van der Waals surface area contributed by atoms with Gasteiger partial charge in [-0.05, 0) is 13.3 Å². The average molecular weight is 212 g/mol. The Labute approximate surface area is 88.3 Å². The first-order chi connectivity index (χ1) is 7.17. The van der Waals surface area contributed by atoms with Gasteiger partial charge in [0.05, 0.1) is 12.3 Å². The maximum Gasteiger partial charge on any atom is 0.241 e. The van der Waals surface area contributed by atoms with Crippen molar-refractivity contribution >= 4 is 5.91 Å². The van der Waals surface area contributed by atoms with Crippen molar-refractivity contribution in [1.29, 1.82) is 0 Å². The van der Waals surface area contributed by atoms with Crippen molar-refractivity contribution < 1.29 is 9.90 Å². The number of hydrogen-bond acceptors (Lipinski definition) is 4. The third-order valence-electron chi connectivity index (χ3n) is 1.96. The topological polar surface area (TPSA) is 80.0 Å². The molecule has 1 unspecified atom stereocenters. The summed E-state index contributed by atoms with van der Waals surface area (Å²) in [4.78, 5) is 11.2. The normalized spacial score (nSPS) is 12.5. The highest BCUT2D eigenvalue weighted by atomic mass is 16.3. The molecule has 0 aliphatic carbocycles.